The van der Waals surface area contributed by atoms with Gasteiger partial charge in [0.1, 0.15) is 19.0 Å². The Kier molecular flexibility index (Phi) is 4.12. The van der Waals surface area contributed by atoms with Crippen LogP contribution in [0.4, 0.5) is 0 Å². The third-order valence-corrected chi connectivity index (χ3v) is 3.26. The Morgan fingerprint density at radius 3 is 2.88 bits per heavy atom. The lowest BCUT2D eigenvalue weighted by molar-refractivity contribution is 0.168. The standard InChI is InChI=1S/C12H16BrNO3/c1-15-11-8(3-2-4-14)12-10(7-9(11)13)16-5-6-17-12/h7H,2-6,14H2,1H3. The summed E-state index contributed by atoms with van der Waals surface area (Å²) in [4.78, 5) is 0. The summed E-state index contributed by atoms with van der Waals surface area (Å²) >= 11 is 3.49. The minimum Gasteiger partial charge on any atom is -0.495 e. The average molecular weight is 302 g/mol. The fraction of sp³-hybridized carbons (Fsp3) is 0.500. The zero-order valence-corrected chi connectivity index (χ0v) is 11.4. The average Bonchev–Trinajstić information content (AvgIpc) is 2.35. The van der Waals surface area contributed by atoms with Crippen LogP contribution in [-0.2, 0) is 6.42 Å². The molecule has 1 aromatic rings. The zero-order chi connectivity index (χ0) is 12.3. The van der Waals surface area contributed by atoms with Gasteiger partial charge < -0.3 is 19.9 Å². The maximum Gasteiger partial charge on any atom is 0.168 e. The van der Waals surface area contributed by atoms with E-state index in [-0.39, 0.29) is 0 Å². The van der Waals surface area contributed by atoms with Crippen LogP contribution in [0.1, 0.15) is 12.0 Å². The van der Waals surface area contributed by atoms with Crippen LogP contribution >= 0.6 is 15.9 Å². The smallest absolute Gasteiger partial charge is 0.168 e. The first kappa shape index (κ1) is 12.5. The van der Waals surface area contributed by atoms with Crippen molar-refractivity contribution in [3.05, 3.63) is 16.1 Å². The number of hydrogen-bond acceptors (Lipinski definition) is 4. The van der Waals surface area contributed by atoms with Crippen LogP contribution in [0.5, 0.6) is 17.2 Å². The topological polar surface area (TPSA) is 53.7 Å². The van der Waals surface area contributed by atoms with E-state index in [1.165, 1.54) is 0 Å². The Bertz CT molecular complexity index is 409. The molecule has 0 fully saturated rings. The third kappa shape index (κ3) is 2.50. The molecule has 1 aliphatic rings. The lowest BCUT2D eigenvalue weighted by Gasteiger charge is -2.23. The Morgan fingerprint density at radius 1 is 1.41 bits per heavy atom. The summed E-state index contributed by atoms with van der Waals surface area (Å²) in [6, 6.07) is 1.89. The highest BCUT2D eigenvalue weighted by Gasteiger charge is 2.22. The van der Waals surface area contributed by atoms with Crippen molar-refractivity contribution in [3.8, 4) is 17.2 Å². The molecular formula is C12H16BrNO3. The first-order chi connectivity index (χ1) is 8.27. The number of rotatable bonds is 4. The van der Waals surface area contributed by atoms with Crippen molar-refractivity contribution in [2.45, 2.75) is 12.8 Å². The van der Waals surface area contributed by atoms with Crippen molar-refractivity contribution < 1.29 is 14.2 Å². The minimum absolute atomic E-state index is 0.577. The van der Waals surface area contributed by atoms with E-state index in [0.717, 1.165) is 40.1 Å². The highest BCUT2D eigenvalue weighted by molar-refractivity contribution is 9.10. The van der Waals surface area contributed by atoms with Crippen LogP contribution < -0.4 is 19.9 Å². The highest BCUT2D eigenvalue weighted by atomic mass is 79.9. The number of ether oxygens (including phenoxy) is 3. The minimum atomic E-state index is 0.577. The molecule has 0 saturated heterocycles. The van der Waals surface area contributed by atoms with Crippen LogP contribution in [-0.4, -0.2) is 26.9 Å². The van der Waals surface area contributed by atoms with Crippen LogP contribution in [0.3, 0.4) is 0 Å². The van der Waals surface area contributed by atoms with Crippen LogP contribution in [0.15, 0.2) is 10.5 Å². The second-order valence-electron chi connectivity index (χ2n) is 3.79. The third-order valence-electron chi connectivity index (χ3n) is 2.67. The van der Waals surface area contributed by atoms with E-state index in [9.17, 15) is 0 Å². The van der Waals surface area contributed by atoms with Gasteiger partial charge in [-0.15, -0.1) is 0 Å². The molecule has 0 amide bonds. The molecule has 94 valence electrons. The predicted molar refractivity (Wildman–Crippen MR) is 69.1 cm³/mol. The molecule has 1 aromatic carbocycles. The summed E-state index contributed by atoms with van der Waals surface area (Å²) in [6.07, 6.45) is 1.72. The molecule has 0 radical (unpaired) electrons. The molecular weight excluding hydrogens is 286 g/mol. The van der Waals surface area contributed by atoms with Gasteiger partial charge in [0.25, 0.3) is 0 Å². The number of fused-ring (bicyclic) bond motifs is 1. The van der Waals surface area contributed by atoms with Gasteiger partial charge in [-0.2, -0.15) is 0 Å². The van der Waals surface area contributed by atoms with Gasteiger partial charge in [-0.05, 0) is 35.3 Å². The first-order valence-electron chi connectivity index (χ1n) is 5.63. The number of halogens is 1. The van der Waals surface area contributed by atoms with Gasteiger partial charge in [-0.25, -0.2) is 0 Å². The molecule has 0 saturated carbocycles. The van der Waals surface area contributed by atoms with Gasteiger partial charge >= 0.3 is 0 Å². The quantitative estimate of drug-likeness (QED) is 0.925. The number of methoxy groups -OCH3 is 1. The molecule has 0 atom stereocenters. The van der Waals surface area contributed by atoms with E-state index in [2.05, 4.69) is 15.9 Å². The maximum absolute atomic E-state index is 5.68. The van der Waals surface area contributed by atoms with Crippen molar-refractivity contribution in [3.63, 3.8) is 0 Å². The second kappa shape index (κ2) is 5.60. The summed E-state index contributed by atoms with van der Waals surface area (Å²) in [5.41, 5.74) is 6.59. The van der Waals surface area contributed by atoms with E-state index >= 15 is 0 Å². The molecule has 5 heteroatoms. The zero-order valence-electron chi connectivity index (χ0n) is 9.79. The van der Waals surface area contributed by atoms with Crippen molar-refractivity contribution >= 4 is 15.9 Å². The summed E-state index contributed by atoms with van der Waals surface area (Å²) in [5.74, 6) is 2.38. The van der Waals surface area contributed by atoms with E-state index < -0.39 is 0 Å². The van der Waals surface area contributed by atoms with Crippen LogP contribution in [0.2, 0.25) is 0 Å². The fourth-order valence-electron chi connectivity index (χ4n) is 1.93. The van der Waals surface area contributed by atoms with Crippen LogP contribution in [0.25, 0.3) is 0 Å². The van der Waals surface area contributed by atoms with Crippen molar-refractivity contribution in [2.75, 3.05) is 26.9 Å². The summed E-state index contributed by atoms with van der Waals surface area (Å²) < 4.78 is 17.6. The Labute approximate surface area is 109 Å². The number of hydrogen-bond donors (Lipinski definition) is 1. The molecule has 1 aliphatic heterocycles. The first-order valence-corrected chi connectivity index (χ1v) is 6.42. The fourth-order valence-corrected chi connectivity index (χ4v) is 2.54. The molecule has 0 unspecified atom stereocenters. The summed E-state index contributed by atoms with van der Waals surface area (Å²) in [7, 11) is 1.65. The Balaban J connectivity index is 2.45. The normalized spacial score (nSPS) is 13.6. The van der Waals surface area contributed by atoms with Gasteiger partial charge in [0.2, 0.25) is 0 Å². The Morgan fingerprint density at radius 2 is 2.18 bits per heavy atom. The SMILES string of the molecule is COc1c(Br)cc2c(c1CCCN)OCCO2. The largest absolute Gasteiger partial charge is 0.495 e. The van der Waals surface area contributed by atoms with E-state index in [1.54, 1.807) is 7.11 Å². The summed E-state index contributed by atoms with van der Waals surface area (Å²) in [5, 5.41) is 0. The molecule has 2 rings (SSSR count). The van der Waals surface area contributed by atoms with Crippen molar-refractivity contribution in [2.24, 2.45) is 5.73 Å². The van der Waals surface area contributed by atoms with Gasteiger partial charge in [-0.3, -0.25) is 0 Å². The van der Waals surface area contributed by atoms with Crippen LogP contribution in [0, 0.1) is 0 Å². The van der Waals surface area contributed by atoms with Gasteiger partial charge in [0.05, 0.1) is 11.6 Å². The molecule has 0 aromatic heterocycles. The maximum atomic E-state index is 5.68. The number of nitrogens with two attached hydrogens (primary N) is 1. The molecule has 0 bridgehead atoms. The van der Waals surface area contributed by atoms with E-state index in [1.807, 2.05) is 6.07 Å². The molecule has 0 spiro atoms. The molecule has 17 heavy (non-hydrogen) atoms. The van der Waals surface area contributed by atoms with Gasteiger partial charge in [-0.1, -0.05) is 0 Å². The number of benzene rings is 1. The van der Waals surface area contributed by atoms with Gasteiger partial charge in [0.15, 0.2) is 11.5 Å². The van der Waals surface area contributed by atoms with Crippen molar-refractivity contribution in [1.82, 2.24) is 0 Å². The van der Waals surface area contributed by atoms with Crippen molar-refractivity contribution in [1.29, 1.82) is 0 Å². The molecule has 1 heterocycles. The van der Waals surface area contributed by atoms with E-state index in [0.29, 0.717) is 19.8 Å². The summed E-state index contributed by atoms with van der Waals surface area (Å²) in [6.45, 7) is 1.81. The predicted octanol–water partition coefficient (Wildman–Crippen LogP) is 2.12. The lowest BCUT2D eigenvalue weighted by atomic mass is 10.1. The Hall–Kier alpha value is -0.940. The molecule has 2 N–H and O–H groups in total. The lowest BCUT2D eigenvalue weighted by Crippen LogP contribution is -2.17. The molecule has 4 nitrogen and oxygen atoms in total. The molecule has 0 aliphatic carbocycles. The highest BCUT2D eigenvalue weighted by Crippen LogP contribution is 2.44. The van der Waals surface area contributed by atoms with Gasteiger partial charge in [0, 0.05) is 11.6 Å². The van der Waals surface area contributed by atoms with E-state index in [4.69, 9.17) is 19.9 Å². The monoisotopic (exact) mass is 301 g/mol. The second-order valence-corrected chi connectivity index (χ2v) is 4.64.